The van der Waals surface area contributed by atoms with E-state index in [0.717, 1.165) is 5.56 Å². The number of rotatable bonds is 6. The lowest BCUT2D eigenvalue weighted by Gasteiger charge is -2.20. The van der Waals surface area contributed by atoms with Crippen LogP contribution in [0.3, 0.4) is 0 Å². The summed E-state index contributed by atoms with van der Waals surface area (Å²) in [5.74, 6) is -2.58. The molecule has 0 amide bonds. The molecular formula is C17H22O6. The summed E-state index contributed by atoms with van der Waals surface area (Å²) >= 11 is 0. The quantitative estimate of drug-likeness (QED) is 0.760. The van der Waals surface area contributed by atoms with Crippen molar-refractivity contribution in [3.8, 4) is 0 Å². The van der Waals surface area contributed by atoms with Gasteiger partial charge in [-0.05, 0) is 24.8 Å². The minimum Gasteiger partial charge on any atom is -0.469 e. The van der Waals surface area contributed by atoms with E-state index < -0.39 is 29.4 Å². The van der Waals surface area contributed by atoms with Gasteiger partial charge in [0.05, 0.1) is 24.5 Å². The van der Waals surface area contributed by atoms with E-state index in [4.69, 9.17) is 14.6 Å². The van der Waals surface area contributed by atoms with Gasteiger partial charge >= 0.3 is 11.9 Å². The van der Waals surface area contributed by atoms with Crippen LogP contribution in [0.25, 0.3) is 0 Å². The molecule has 1 unspecified atom stereocenters. The molecule has 0 aromatic heterocycles. The third-order valence-corrected chi connectivity index (χ3v) is 4.29. The third kappa shape index (κ3) is 4.30. The van der Waals surface area contributed by atoms with Crippen LogP contribution in [0.1, 0.15) is 24.8 Å². The maximum atomic E-state index is 12.3. The SMILES string of the molecule is COC(=O)[C@H]1CC(O)(CCO)C[C@H]1C(=O)OCc1ccccc1. The molecule has 2 rings (SSSR count). The van der Waals surface area contributed by atoms with Gasteiger partial charge in [0.25, 0.3) is 0 Å². The Morgan fingerprint density at radius 3 is 2.35 bits per heavy atom. The van der Waals surface area contributed by atoms with Crippen LogP contribution in [0.5, 0.6) is 0 Å². The smallest absolute Gasteiger partial charge is 0.310 e. The molecule has 6 nitrogen and oxygen atoms in total. The van der Waals surface area contributed by atoms with Crippen molar-refractivity contribution in [2.24, 2.45) is 11.8 Å². The van der Waals surface area contributed by atoms with E-state index >= 15 is 0 Å². The molecule has 1 aliphatic carbocycles. The summed E-state index contributed by atoms with van der Waals surface area (Å²) in [6.07, 6.45) is 0.287. The van der Waals surface area contributed by atoms with Gasteiger partial charge < -0.3 is 19.7 Å². The molecule has 126 valence electrons. The summed E-state index contributed by atoms with van der Waals surface area (Å²) in [7, 11) is 1.25. The van der Waals surface area contributed by atoms with Crippen molar-refractivity contribution in [2.75, 3.05) is 13.7 Å². The lowest BCUT2D eigenvalue weighted by Crippen LogP contribution is -2.28. The average molecular weight is 322 g/mol. The summed E-state index contributed by atoms with van der Waals surface area (Å²) in [6.45, 7) is -0.0985. The highest BCUT2D eigenvalue weighted by Crippen LogP contribution is 2.42. The van der Waals surface area contributed by atoms with E-state index in [9.17, 15) is 14.7 Å². The van der Waals surface area contributed by atoms with Gasteiger partial charge in [-0.2, -0.15) is 0 Å². The molecule has 1 saturated carbocycles. The zero-order chi connectivity index (χ0) is 16.9. The van der Waals surface area contributed by atoms with E-state index in [-0.39, 0.29) is 32.5 Å². The zero-order valence-electron chi connectivity index (χ0n) is 13.1. The number of ether oxygens (including phenoxy) is 2. The first-order valence-electron chi connectivity index (χ1n) is 7.61. The Bertz CT molecular complexity index is 543. The highest BCUT2D eigenvalue weighted by Gasteiger charge is 2.51. The van der Waals surface area contributed by atoms with Gasteiger partial charge in [0.1, 0.15) is 6.61 Å². The van der Waals surface area contributed by atoms with E-state index in [1.807, 2.05) is 30.3 Å². The van der Waals surface area contributed by atoms with Crippen molar-refractivity contribution in [1.29, 1.82) is 0 Å². The second-order valence-corrected chi connectivity index (χ2v) is 5.94. The summed E-state index contributed by atoms with van der Waals surface area (Å²) < 4.78 is 10.0. The first-order chi connectivity index (χ1) is 11.0. The standard InChI is InChI=1S/C17H22O6/c1-22-15(19)13-9-17(21,7-8-18)10-14(13)16(20)23-11-12-5-3-2-4-6-12/h2-6,13-14,18,21H,7-11H2,1H3/t13-,14+,17?/m0/s1. The lowest BCUT2D eigenvalue weighted by molar-refractivity contribution is -0.158. The van der Waals surface area contributed by atoms with Crippen molar-refractivity contribution in [3.63, 3.8) is 0 Å². The summed E-state index contributed by atoms with van der Waals surface area (Å²) in [5, 5.41) is 19.5. The van der Waals surface area contributed by atoms with E-state index in [0.29, 0.717) is 0 Å². The van der Waals surface area contributed by atoms with Crippen LogP contribution in [0.4, 0.5) is 0 Å². The highest BCUT2D eigenvalue weighted by molar-refractivity contribution is 5.83. The summed E-state index contributed by atoms with van der Waals surface area (Å²) in [6, 6.07) is 9.22. The fraction of sp³-hybridized carbons (Fsp3) is 0.529. The van der Waals surface area contributed by atoms with E-state index in [2.05, 4.69) is 0 Å². The van der Waals surface area contributed by atoms with Gasteiger partial charge in [-0.15, -0.1) is 0 Å². The average Bonchev–Trinajstić information content (AvgIpc) is 2.91. The second kappa shape index (κ2) is 7.57. The molecule has 0 bridgehead atoms. The van der Waals surface area contributed by atoms with Gasteiger partial charge in [0, 0.05) is 6.61 Å². The molecule has 0 aliphatic heterocycles. The van der Waals surface area contributed by atoms with Gasteiger partial charge in [0.15, 0.2) is 0 Å². The van der Waals surface area contributed by atoms with E-state index in [1.165, 1.54) is 7.11 Å². The van der Waals surface area contributed by atoms with Crippen LogP contribution in [0.2, 0.25) is 0 Å². The van der Waals surface area contributed by atoms with Crippen molar-refractivity contribution >= 4 is 11.9 Å². The fourth-order valence-corrected chi connectivity index (χ4v) is 3.08. The predicted octanol–water partition coefficient (Wildman–Crippen LogP) is 1.04. The zero-order valence-corrected chi connectivity index (χ0v) is 13.1. The number of methoxy groups -OCH3 is 1. The minimum atomic E-state index is -1.25. The molecule has 0 heterocycles. The maximum absolute atomic E-state index is 12.3. The van der Waals surface area contributed by atoms with Crippen molar-refractivity contribution in [1.82, 2.24) is 0 Å². The summed E-state index contributed by atoms with van der Waals surface area (Å²) in [4.78, 5) is 24.2. The van der Waals surface area contributed by atoms with Crippen LogP contribution in [-0.4, -0.2) is 41.5 Å². The maximum Gasteiger partial charge on any atom is 0.310 e. The fourth-order valence-electron chi connectivity index (χ4n) is 3.08. The van der Waals surface area contributed by atoms with Gasteiger partial charge in [0.2, 0.25) is 0 Å². The van der Waals surface area contributed by atoms with Crippen LogP contribution in [0, 0.1) is 11.8 Å². The molecule has 1 aliphatic rings. The molecular weight excluding hydrogens is 300 g/mol. The van der Waals surface area contributed by atoms with Gasteiger partial charge in [-0.25, -0.2) is 0 Å². The first-order valence-corrected chi connectivity index (χ1v) is 7.61. The van der Waals surface area contributed by atoms with Crippen molar-refractivity contribution < 1.29 is 29.3 Å². The number of aliphatic hydroxyl groups excluding tert-OH is 1. The Morgan fingerprint density at radius 2 is 1.78 bits per heavy atom. The predicted molar refractivity (Wildman–Crippen MR) is 81.1 cm³/mol. The molecule has 1 aromatic rings. The normalized spacial score (nSPS) is 26.7. The number of hydrogen-bond acceptors (Lipinski definition) is 6. The number of carbonyl (C=O) groups excluding carboxylic acids is 2. The molecule has 3 atom stereocenters. The first kappa shape index (κ1) is 17.4. The minimum absolute atomic E-state index is 0.0843. The molecule has 1 fully saturated rings. The Hall–Kier alpha value is -1.92. The highest BCUT2D eigenvalue weighted by atomic mass is 16.5. The summed E-state index contributed by atoms with van der Waals surface area (Å²) in [5.41, 5.74) is -0.400. The Morgan fingerprint density at radius 1 is 1.17 bits per heavy atom. The number of esters is 2. The Kier molecular flexibility index (Phi) is 5.74. The molecule has 0 spiro atoms. The van der Waals surface area contributed by atoms with Crippen molar-refractivity contribution in [3.05, 3.63) is 35.9 Å². The topological polar surface area (TPSA) is 93.1 Å². The largest absolute Gasteiger partial charge is 0.469 e. The number of benzene rings is 1. The monoisotopic (exact) mass is 322 g/mol. The molecule has 2 N–H and O–H groups in total. The number of hydrogen-bond donors (Lipinski definition) is 2. The van der Waals surface area contributed by atoms with E-state index in [1.54, 1.807) is 0 Å². The molecule has 23 heavy (non-hydrogen) atoms. The lowest BCUT2D eigenvalue weighted by atomic mass is 9.96. The molecule has 0 saturated heterocycles. The Labute approximate surface area is 135 Å². The third-order valence-electron chi connectivity index (χ3n) is 4.29. The van der Waals surface area contributed by atoms with Crippen LogP contribution in [-0.2, 0) is 25.7 Å². The van der Waals surface area contributed by atoms with Crippen LogP contribution in [0.15, 0.2) is 30.3 Å². The molecule has 1 aromatic carbocycles. The Balaban J connectivity index is 2.04. The van der Waals surface area contributed by atoms with Crippen LogP contribution >= 0.6 is 0 Å². The van der Waals surface area contributed by atoms with Gasteiger partial charge in [-0.3, -0.25) is 9.59 Å². The van der Waals surface area contributed by atoms with Crippen molar-refractivity contribution in [2.45, 2.75) is 31.5 Å². The molecule has 6 heteroatoms. The number of aliphatic hydroxyl groups is 2. The molecule has 0 radical (unpaired) electrons. The number of carbonyl (C=O) groups is 2. The van der Waals surface area contributed by atoms with Crippen LogP contribution < -0.4 is 0 Å². The second-order valence-electron chi connectivity index (χ2n) is 5.94. The van der Waals surface area contributed by atoms with Gasteiger partial charge in [-0.1, -0.05) is 30.3 Å².